The SMILES string of the molecule is CCN(C(=O)[C@H](C)OC(=O)/C=C/c1cccs1)[C@H]1CCS(=O)(=O)C1. The van der Waals surface area contributed by atoms with Crippen LogP contribution in [0, 0.1) is 0 Å². The van der Waals surface area contributed by atoms with Gasteiger partial charge < -0.3 is 9.64 Å². The van der Waals surface area contributed by atoms with Crippen LogP contribution in [-0.4, -0.2) is 55.4 Å². The van der Waals surface area contributed by atoms with Crippen molar-refractivity contribution in [2.75, 3.05) is 18.1 Å². The zero-order valence-corrected chi connectivity index (χ0v) is 15.3. The molecule has 2 heterocycles. The molecule has 0 aromatic carbocycles. The molecule has 2 rings (SSSR count). The van der Waals surface area contributed by atoms with Crippen molar-refractivity contribution in [3.8, 4) is 0 Å². The van der Waals surface area contributed by atoms with E-state index in [-0.39, 0.29) is 23.5 Å². The molecule has 132 valence electrons. The minimum Gasteiger partial charge on any atom is -0.449 e. The lowest BCUT2D eigenvalue weighted by Gasteiger charge is -2.29. The number of likely N-dealkylation sites (N-methyl/N-ethyl adjacent to an activating group) is 1. The fraction of sp³-hybridized carbons (Fsp3) is 0.500. The number of thiophene rings is 1. The van der Waals surface area contributed by atoms with Crippen molar-refractivity contribution in [3.05, 3.63) is 28.5 Å². The molecule has 1 fully saturated rings. The Hall–Kier alpha value is -1.67. The first-order chi connectivity index (χ1) is 11.3. The highest BCUT2D eigenvalue weighted by Crippen LogP contribution is 2.19. The second-order valence-corrected chi connectivity index (χ2v) is 8.82. The average molecular weight is 371 g/mol. The number of carbonyl (C=O) groups excluding carboxylic acids is 2. The molecule has 0 saturated carbocycles. The van der Waals surface area contributed by atoms with E-state index in [4.69, 9.17) is 4.74 Å². The summed E-state index contributed by atoms with van der Waals surface area (Å²) < 4.78 is 28.3. The Morgan fingerprint density at radius 1 is 1.50 bits per heavy atom. The Labute approximate surface area is 146 Å². The number of rotatable bonds is 6. The molecule has 1 saturated heterocycles. The van der Waals surface area contributed by atoms with Crippen LogP contribution in [0.1, 0.15) is 25.1 Å². The van der Waals surface area contributed by atoms with Crippen LogP contribution in [0.25, 0.3) is 6.08 Å². The number of nitrogens with zero attached hydrogens (tertiary/aromatic N) is 1. The van der Waals surface area contributed by atoms with E-state index >= 15 is 0 Å². The van der Waals surface area contributed by atoms with E-state index in [9.17, 15) is 18.0 Å². The monoisotopic (exact) mass is 371 g/mol. The third kappa shape index (κ3) is 4.91. The summed E-state index contributed by atoms with van der Waals surface area (Å²) in [6, 6.07) is 3.40. The van der Waals surface area contributed by atoms with E-state index in [1.165, 1.54) is 29.2 Å². The summed E-state index contributed by atoms with van der Waals surface area (Å²) in [7, 11) is -3.08. The predicted octanol–water partition coefficient (Wildman–Crippen LogP) is 1.73. The van der Waals surface area contributed by atoms with Gasteiger partial charge in [-0.15, -0.1) is 11.3 Å². The van der Waals surface area contributed by atoms with Crippen molar-refractivity contribution in [1.29, 1.82) is 0 Å². The summed E-state index contributed by atoms with van der Waals surface area (Å²) in [4.78, 5) is 26.7. The van der Waals surface area contributed by atoms with Gasteiger partial charge in [0.25, 0.3) is 5.91 Å². The fourth-order valence-electron chi connectivity index (χ4n) is 2.65. The molecule has 1 aromatic rings. The first-order valence-electron chi connectivity index (χ1n) is 7.75. The number of carbonyl (C=O) groups is 2. The number of hydrogen-bond acceptors (Lipinski definition) is 6. The Balaban J connectivity index is 1.93. The van der Waals surface area contributed by atoms with Gasteiger partial charge in [0.05, 0.1) is 11.5 Å². The van der Waals surface area contributed by atoms with Gasteiger partial charge in [-0.05, 0) is 37.8 Å². The van der Waals surface area contributed by atoms with Gasteiger partial charge in [-0.2, -0.15) is 0 Å². The van der Waals surface area contributed by atoms with Crippen molar-refractivity contribution in [3.63, 3.8) is 0 Å². The second-order valence-electron chi connectivity index (χ2n) is 5.61. The normalized spacial score (nSPS) is 20.8. The maximum atomic E-state index is 12.5. The van der Waals surface area contributed by atoms with Gasteiger partial charge in [-0.1, -0.05) is 6.07 Å². The van der Waals surface area contributed by atoms with Crippen molar-refractivity contribution in [2.24, 2.45) is 0 Å². The molecule has 24 heavy (non-hydrogen) atoms. The van der Waals surface area contributed by atoms with E-state index in [1.54, 1.807) is 13.0 Å². The summed E-state index contributed by atoms with van der Waals surface area (Å²) in [6.45, 7) is 3.67. The van der Waals surface area contributed by atoms with Crippen molar-refractivity contribution in [1.82, 2.24) is 4.90 Å². The van der Waals surface area contributed by atoms with Crippen LogP contribution in [-0.2, 0) is 24.2 Å². The zero-order chi connectivity index (χ0) is 17.7. The topological polar surface area (TPSA) is 80.8 Å². The summed E-state index contributed by atoms with van der Waals surface area (Å²) in [5.74, 6) is -0.887. The molecule has 0 N–H and O–H groups in total. The van der Waals surface area contributed by atoms with Crippen LogP contribution < -0.4 is 0 Å². The van der Waals surface area contributed by atoms with Crippen molar-refractivity contribution >= 4 is 39.1 Å². The maximum absolute atomic E-state index is 12.5. The molecule has 1 aliphatic heterocycles. The summed E-state index contributed by atoms with van der Waals surface area (Å²) in [6.07, 6.45) is 2.40. The Morgan fingerprint density at radius 3 is 2.79 bits per heavy atom. The van der Waals surface area contributed by atoms with Crippen molar-refractivity contribution in [2.45, 2.75) is 32.4 Å². The lowest BCUT2D eigenvalue weighted by atomic mass is 10.2. The zero-order valence-electron chi connectivity index (χ0n) is 13.7. The van der Waals surface area contributed by atoms with E-state index < -0.39 is 21.9 Å². The van der Waals surface area contributed by atoms with Gasteiger partial charge in [0.2, 0.25) is 0 Å². The predicted molar refractivity (Wildman–Crippen MR) is 93.4 cm³/mol. The standard InChI is InChI=1S/C16H21NO5S2/c1-3-17(13-8-10-24(20,21)11-13)16(19)12(2)22-15(18)7-6-14-5-4-9-23-14/h4-7,9,12-13H,3,8,10-11H2,1-2H3/b7-6+/t12-,13-/m0/s1. The van der Waals surface area contributed by atoms with Crippen LogP contribution in [0.15, 0.2) is 23.6 Å². The minimum absolute atomic E-state index is 0.0223. The van der Waals surface area contributed by atoms with Gasteiger partial charge in [-0.25, -0.2) is 13.2 Å². The third-order valence-electron chi connectivity index (χ3n) is 3.84. The summed E-state index contributed by atoms with van der Waals surface area (Å²) in [5, 5.41) is 1.89. The maximum Gasteiger partial charge on any atom is 0.331 e. The number of sulfone groups is 1. The van der Waals surface area contributed by atoms with Gasteiger partial charge in [-0.3, -0.25) is 4.79 Å². The largest absolute Gasteiger partial charge is 0.449 e. The smallest absolute Gasteiger partial charge is 0.331 e. The molecule has 1 aliphatic rings. The minimum atomic E-state index is -3.08. The number of esters is 1. The summed E-state index contributed by atoms with van der Waals surface area (Å²) in [5.41, 5.74) is 0. The second kappa shape index (κ2) is 7.94. The lowest BCUT2D eigenvalue weighted by Crippen LogP contribution is -2.46. The number of amides is 1. The highest BCUT2D eigenvalue weighted by molar-refractivity contribution is 7.91. The lowest BCUT2D eigenvalue weighted by molar-refractivity contribution is -0.156. The molecule has 0 unspecified atom stereocenters. The van der Waals surface area contributed by atoms with Crippen LogP contribution in [0.2, 0.25) is 0 Å². The average Bonchev–Trinajstić information content (AvgIpc) is 3.15. The van der Waals surface area contributed by atoms with Crippen LogP contribution in [0.3, 0.4) is 0 Å². The molecule has 2 atom stereocenters. The van der Waals surface area contributed by atoms with Gasteiger partial charge in [0.1, 0.15) is 0 Å². The quantitative estimate of drug-likeness (QED) is 0.562. The first kappa shape index (κ1) is 18.7. The molecule has 1 aromatic heterocycles. The van der Waals surface area contributed by atoms with Crippen LogP contribution in [0.5, 0.6) is 0 Å². The molecule has 8 heteroatoms. The van der Waals surface area contributed by atoms with Crippen LogP contribution in [0.4, 0.5) is 0 Å². The Kier molecular flexibility index (Phi) is 6.17. The van der Waals surface area contributed by atoms with E-state index in [0.29, 0.717) is 13.0 Å². The molecule has 0 spiro atoms. The molecule has 6 nitrogen and oxygen atoms in total. The third-order valence-corrected chi connectivity index (χ3v) is 6.43. The first-order valence-corrected chi connectivity index (χ1v) is 10.5. The van der Waals surface area contributed by atoms with Gasteiger partial charge in [0, 0.05) is 23.5 Å². The van der Waals surface area contributed by atoms with E-state index in [2.05, 4.69) is 0 Å². The van der Waals surface area contributed by atoms with Gasteiger partial charge >= 0.3 is 5.97 Å². The molecule has 1 amide bonds. The highest BCUT2D eigenvalue weighted by Gasteiger charge is 2.35. The number of ether oxygens (including phenoxy) is 1. The molecule has 0 aliphatic carbocycles. The Morgan fingerprint density at radius 2 is 2.25 bits per heavy atom. The fourth-order valence-corrected chi connectivity index (χ4v) is 5.00. The van der Waals surface area contributed by atoms with Crippen LogP contribution >= 0.6 is 11.3 Å². The Bertz CT molecular complexity index is 709. The molecule has 0 bridgehead atoms. The molecule has 0 radical (unpaired) electrons. The highest BCUT2D eigenvalue weighted by atomic mass is 32.2. The summed E-state index contributed by atoms with van der Waals surface area (Å²) >= 11 is 1.49. The molecular formula is C16H21NO5S2. The van der Waals surface area contributed by atoms with Gasteiger partial charge in [0.15, 0.2) is 15.9 Å². The van der Waals surface area contributed by atoms with E-state index in [0.717, 1.165) is 4.88 Å². The van der Waals surface area contributed by atoms with Crippen molar-refractivity contribution < 1.29 is 22.7 Å². The van der Waals surface area contributed by atoms with E-state index in [1.807, 2.05) is 17.5 Å². The number of hydrogen-bond donors (Lipinski definition) is 0. The molecular weight excluding hydrogens is 350 g/mol.